The largest absolute Gasteiger partial charge is 0.342 e. The third kappa shape index (κ3) is 4.15. The van der Waals surface area contributed by atoms with Gasteiger partial charge in [-0.3, -0.25) is 9.59 Å². The van der Waals surface area contributed by atoms with Crippen molar-refractivity contribution >= 4 is 33.4 Å². The van der Waals surface area contributed by atoms with Gasteiger partial charge in [0.15, 0.2) is 0 Å². The monoisotopic (exact) mass is 439 g/mol. The van der Waals surface area contributed by atoms with E-state index in [1.54, 1.807) is 4.90 Å². The van der Waals surface area contributed by atoms with Gasteiger partial charge in [-0.1, -0.05) is 43.7 Å². The normalized spacial score (nSPS) is 26.9. The molecule has 0 unspecified atom stereocenters. The molecule has 1 N–H and O–H groups in total. The van der Waals surface area contributed by atoms with Crippen LogP contribution in [0.4, 0.5) is 0 Å². The van der Waals surface area contributed by atoms with Crippen molar-refractivity contribution in [1.29, 1.82) is 0 Å². The molecule has 0 aromatic heterocycles. The average molecular weight is 440 g/mol. The number of nitrogens with zero attached hydrogens (tertiary/aromatic N) is 2. The van der Waals surface area contributed by atoms with Gasteiger partial charge in [-0.25, -0.2) is 8.42 Å². The summed E-state index contributed by atoms with van der Waals surface area (Å²) in [5, 5.41) is 3.32. The second kappa shape index (κ2) is 8.24. The zero-order chi connectivity index (χ0) is 20.6. The number of hydrogen-bond donors (Lipinski definition) is 1. The van der Waals surface area contributed by atoms with Gasteiger partial charge in [0, 0.05) is 24.7 Å². The molecule has 1 saturated carbocycles. The molecule has 0 radical (unpaired) electrons. The molecule has 1 aliphatic carbocycles. The fourth-order valence-electron chi connectivity index (χ4n) is 4.67. The van der Waals surface area contributed by atoms with Crippen LogP contribution in [-0.2, 0) is 19.6 Å². The van der Waals surface area contributed by atoms with E-state index in [2.05, 4.69) is 5.32 Å². The lowest BCUT2D eigenvalue weighted by atomic mass is 9.84. The second-order valence-electron chi connectivity index (χ2n) is 8.17. The topological polar surface area (TPSA) is 86.8 Å². The van der Waals surface area contributed by atoms with Gasteiger partial charge in [-0.2, -0.15) is 4.31 Å². The minimum absolute atomic E-state index is 0.0291. The van der Waals surface area contributed by atoms with E-state index in [0.717, 1.165) is 12.8 Å². The van der Waals surface area contributed by atoms with Crippen LogP contribution in [0.3, 0.4) is 0 Å². The summed E-state index contributed by atoms with van der Waals surface area (Å²) in [4.78, 5) is 27.4. The number of fused-ring (bicyclic) bond motifs is 1. The number of hydrogen-bond acceptors (Lipinski definition) is 4. The van der Waals surface area contributed by atoms with E-state index in [9.17, 15) is 18.0 Å². The van der Waals surface area contributed by atoms with Gasteiger partial charge in [-0.05, 0) is 36.6 Å². The summed E-state index contributed by atoms with van der Waals surface area (Å²) < 4.78 is 27.2. The highest BCUT2D eigenvalue weighted by atomic mass is 35.5. The van der Waals surface area contributed by atoms with Crippen LogP contribution in [0.25, 0.3) is 0 Å². The number of carbonyl (C=O) groups is 2. The van der Waals surface area contributed by atoms with Crippen molar-refractivity contribution in [3.8, 4) is 0 Å². The number of piperazine rings is 2. The predicted molar refractivity (Wildman–Crippen MR) is 109 cm³/mol. The van der Waals surface area contributed by atoms with Crippen molar-refractivity contribution in [2.45, 2.75) is 55.5 Å². The van der Waals surface area contributed by atoms with E-state index in [-0.39, 0.29) is 36.3 Å². The Bertz CT molecular complexity index is 883. The van der Waals surface area contributed by atoms with Crippen molar-refractivity contribution < 1.29 is 18.0 Å². The van der Waals surface area contributed by atoms with Gasteiger partial charge < -0.3 is 10.2 Å². The van der Waals surface area contributed by atoms with E-state index in [0.29, 0.717) is 17.4 Å². The Kier molecular flexibility index (Phi) is 5.86. The molecular formula is C20H26ClN3O4S. The first-order valence-corrected chi connectivity index (χ1v) is 12.0. The van der Waals surface area contributed by atoms with Crippen molar-refractivity contribution in [2.24, 2.45) is 5.92 Å². The molecule has 0 spiro atoms. The molecule has 4 rings (SSSR count). The molecule has 3 aliphatic rings. The number of rotatable bonds is 4. The molecule has 1 aromatic rings. The quantitative estimate of drug-likeness (QED) is 0.777. The molecule has 3 fully saturated rings. The zero-order valence-electron chi connectivity index (χ0n) is 16.2. The molecule has 9 heteroatoms. The summed E-state index contributed by atoms with van der Waals surface area (Å²) in [6.07, 6.45) is 6.51. The molecule has 2 heterocycles. The maximum Gasteiger partial charge on any atom is 0.245 e. The molecule has 158 valence electrons. The molecule has 2 aliphatic heterocycles. The minimum atomic E-state index is -3.75. The summed E-state index contributed by atoms with van der Waals surface area (Å²) in [5.41, 5.74) is 0. The number of amides is 2. The van der Waals surface area contributed by atoms with Gasteiger partial charge >= 0.3 is 0 Å². The Morgan fingerprint density at radius 1 is 1.03 bits per heavy atom. The number of halogens is 1. The Labute approximate surface area is 176 Å². The van der Waals surface area contributed by atoms with Gasteiger partial charge in [0.1, 0.15) is 12.1 Å². The third-order valence-electron chi connectivity index (χ3n) is 6.29. The molecular weight excluding hydrogens is 414 g/mol. The van der Waals surface area contributed by atoms with Crippen molar-refractivity contribution in [3.63, 3.8) is 0 Å². The standard InChI is InChI=1S/C20H26ClN3O4S/c21-15-6-8-16(9-7-15)29(27,28)23-10-11-24-18(13-23)19(25)22-17(20(24)26)12-14-4-2-1-3-5-14/h6-9,14,17-18H,1-5,10-13H2,(H,22,25)/t17-,18+/m0/s1. The highest BCUT2D eigenvalue weighted by Gasteiger charge is 2.46. The second-order valence-corrected chi connectivity index (χ2v) is 10.5. The number of sulfonamides is 1. The van der Waals surface area contributed by atoms with Crippen LogP contribution in [0.2, 0.25) is 5.02 Å². The van der Waals surface area contributed by atoms with Crippen molar-refractivity contribution in [2.75, 3.05) is 19.6 Å². The zero-order valence-corrected chi connectivity index (χ0v) is 17.8. The van der Waals surface area contributed by atoms with E-state index in [1.165, 1.54) is 47.8 Å². The van der Waals surface area contributed by atoms with E-state index < -0.39 is 22.1 Å². The number of benzene rings is 1. The van der Waals surface area contributed by atoms with Crippen LogP contribution in [-0.4, -0.2) is 61.2 Å². The Morgan fingerprint density at radius 3 is 2.41 bits per heavy atom. The van der Waals surface area contributed by atoms with E-state index >= 15 is 0 Å². The Hall–Kier alpha value is -1.64. The molecule has 0 bridgehead atoms. The summed E-state index contributed by atoms with van der Waals surface area (Å²) >= 11 is 5.85. The van der Waals surface area contributed by atoms with Crippen LogP contribution < -0.4 is 5.32 Å². The first kappa shape index (κ1) is 20.6. The van der Waals surface area contributed by atoms with Crippen LogP contribution in [0.1, 0.15) is 38.5 Å². The highest BCUT2D eigenvalue weighted by molar-refractivity contribution is 7.89. The lowest BCUT2D eigenvalue weighted by Crippen LogP contribution is -2.69. The molecule has 29 heavy (non-hydrogen) atoms. The average Bonchev–Trinajstić information content (AvgIpc) is 2.72. The van der Waals surface area contributed by atoms with Crippen LogP contribution >= 0.6 is 11.6 Å². The Morgan fingerprint density at radius 2 is 1.72 bits per heavy atom. The minimum Gasteiger partial charge on any atom is -0.342 e. The van der Waals surface area contributed by atoms with Crippen LogP contribution in [0.15, 0.2) is 29.2 Å². The summed E-state index contributed by atoms with van der Waals surface area (Å²) in [7, 11) is -3.75. The van der Waals surface area contributed by atoms with Crippen molar-refractivity contribution in [3.05, 3.63) is 29.3 Å². The lowest BCUT2D eigenvalue weighted by molar-refractivity contribution is -0.152. The lowest BCUT2D eigenvalue weighted by Gasteiger charge is -2.45. The van der Waals surface area contributed by atoms with Gasteiger partial charge in [0.05, 0.1) is 4.90 Å². The number of nitrogens with one attached hydrogen (secondary N) is 1. The molecule has 1 aromatic carbocycles. The van der Waals surface area contributed by atoms with E-state index in [4.69, 9.17) is 11.6 Å². The maximum atomic E-state index is 13.0. The fraction of sp³-hybridized carbons (Fsp3) is 0.600. The van der Waals surface area contributed by atoms with Gasteiger partial charge in [0.25, 0.3) is 0 Å². The van der Waals surface area contributed by atoms with Crippen LogP contribution in [0.5, 0.6) is 0 Å². The van der Waals surface area contributed by atoms with Gasteiger partial charge in [-0.15, -0.1) is 0 Å². The first-order chi connectivity index (χ1) is 13.9. The Balaban J connectivity index is 1.46. The SMILES string of the molecule is O=C1N[C@@H](CC2CCCCC2)C(=O)N2CCN(S(=O)(=O)c3ccc(Cl)cc3)C[C@H]12. The van der Waals surface area contributed by atoms with Gasteiger partial charge in [0.2, 0.25) is 21.8 Å². The third-order valence-corrected chi connectivity index (χ3v) is 8.42. The smallest absolute Gasteiger partial charge is 0.245 e. The molecule has 7 nitrogen and oxygen atoms in total. The highest BCUT2D eigenvalue weighted by Crippen LogP contribution is 2.30. The first-order valence-electron chi connectivity index (χ1n) is 10.2. The summed E-state index contributed by atoms with van der Waals surface area (Å²) in [5.74, 6) is 0.131. The molecule has 2 saturated heterocycles. The predicted octanol–water partition coefficient (Wildman–Crippen LogP) is 2.01. The molecule has 2 amide bonds. The van der Waals surface area contributed by atoms with Crippen molar-refractivity contribution in [1.82, 2.24) is 14.5 Å². The van der Waals surface area contributed by atoms with E-state index in [1.807, 2.05) is 0 Å². The summed E-state index contributed by atoms with van der Waals surface area (Å²) in [6, 6.07) is 4.70. The summed E-state index contributed by atoms with van der Waals surface area (Å²) in [6.45, 7) is 0.375. The van der Waals surface area contributed by atoms with Crippen LogP contribution in [0, 0.1) is 5.92 Å². The maximum absolute atomic E-state index is 13.0. The number of carbonyl (C=O) groups excluding carboxylic acids is 2. The fourth-order valence-corrected chi connectivity index (χ4v) is 6.23. The molecule has 2 atom stereocenters.